The summed E-state index contributed by atoms with van der Waals surface area (Å²) in [5.74, 6) is 0.869. The molecule has 4 rings (SSSR count). The maximum absolute atomic E-state index is 9.60. The van der Waals surface area contributed by atoms with Gasteiger partial charge in [-0.1, -0.05) is 54.2 Å². The summed E-state index contributed by atoms with van der Waals surface area (Å²) in [6.07, 6.45) is 2.50. The van der Waals surface area contributed by atoms with Gasteiger partial charge < -0.3 is 15.6 Å². The Morgan fingerprint density at radius 2 is 1.75 bits per heavy atom. The van der Waals surface area contributed by atoms with Gasteiger partial charge in [0.2, 0.25) is 0 Å². The minimum absolute atomic E-state index is 0.0324. The standard InChI is InChI=1S/C24H25NO2S/c25-24(17-26)12-11-19-9-10-23(13-20(19)15-24)28-22-8-4-7-21(14-22)27-16-18-5-2-1-3-6-18/h1-10,13-14,26H,11-12,15-17,25H2. The van der Waals surface area contributed by atoms with Crippen molar-refractivity contribution in [3.05, 3.63) is 89.5 Å². The average molecular weight is 392 g/mol. The van der Waals surface area contributed by atoms with Gasteiger partial charge in [-0.2, -0.15) is 0 Å². The minimum atomic E-state index is -0.485. The number of aryl methyl sites for hydroxylation is 1. The molecule has 0 aliphatic heterocycles. The first-order valence-corrected chi connectivity index (χ1v) is 10.4. The SMILES string of the molecule is NC1(CO)CCc2ccc(Sc3cccc(OCc4ccccc4)c3)cc2C1. The van der Waals surface area contributed by atoms with Crippen LogP contribution in [0.1, 0.15) is 23.1 Å². The molecule has 144 valence electrons. The zero-order chi connectivity index (χ0) is 19.4. The highest BCUT2D eigenvalue weighted by Gasteiger charge is 2.29. The topological polar surface area (TPSA) is 55.5 Å². The number of aliphatic hydroxyl groups excluding tert-OH is 1. The van der Waals surface area contributed by atoms with Crippen LogP contribution in [-0.4, -0.2) is 17.3 Å². The first-order valence-electron chi connectivity index (χ1n) is 9.60. The summed E-state index contributed by atoms with van der Waals surface area (Å²) in [4.78, 5) is 2.32. The maximum atomic E-state index is 9.60. The van der Waals surface area contributed by atoms with Crippen LogP contribution in [0.15, 0.2) is 82.6 Å². The number of rotatable bonds is 6. The van der Waals surface area contributed by atoms with Gasteiger partial charge in [-0.15, -0.1) is 0 Å². The molecule has 3 N–H and O–H groups in total. The highest BCUT2D eigenvalue weighted by Crippen LogP contribution is 2.34. The van der Waals surface area contributed by atoms with E-state index in [1.54, 1.807) is 11.8 Å². The number of ether oxygens (including phenoxy) is 1. The molecule has 0 aromatic heterocycles. The molecule has 0 spiro atoms. The van der Waals surface area contributed by atoms with Crippen LogP contribution in [0.4, 0.5) is 0 Å². The second-order valence-corrected chi connectivity index (χ2v) is 8.63. The van der Waals surface area contributed by atoms with Gasteiger partial charge in [0.25, 0.3) is 0 Å². The van der Waals surface area contributed by atoms with Gasteiger partial charge in [0.05, 0.1) is 6.61 Å². The smallest absolute Gasteiger partial charge is 0.120 e. The molecule has 3 nitrogen and oxygen atoms in total. The van der Waals surface area contributed by atoms with E-state index in [0.29, 0.717) is 6.61 Å². The summed E-state index contributed by atoms with van der Waals surface area (Å²) >= 11 is 1.72. The summed E-state index contributed by atoms with van der Waals surface area (Å²) in [6.45, 7) is 0.595. The molecule has 0 saturated heterocycles. The lowest BCUT2D eigenvalue weighted by Crippen LogP contribution is -2.48. The lowest BCUT2D eigenvalue weighted by atomic mass is 9.79. The number of nitrogens with two attached hydrogens (primary N) is 1. The third-order valence-corrected chi connectivity index (χ3v) is 6.20. The Hall–Kier alpha value is -2.27. The van der Waals surface area contributed by atoms with E-state index in [0.717, 1.165) is 35.5 Å². The van der Waals surface area contributed by atoms with E-state index in [4.69, 9.17) is 10.5 Å². The molecule has 1 aliphatic rings. The molecule has 3 aromatic carbocycles. The molecule has 1 atom stereocenters. The van der Waals surface area contributed by atoms with Crippen LogP contribution >= 0.6 is 11.8 Å². The lowest BCUT2D eigenvalue weighted by molar-refractivity contribution is 0.181. The van der Waals surface area contributed by atoms with Gasteiger partial charge in [-0.05, 0) is 66.3 Å². The van der Waals surface area contributed by atoms with Crippen molar-refractivity contribution >= 4 is 11.8 Å². The first-order chi connectivity index (χ1) is 13.6. The van der Waals surface area contributed by atoms with E-state index >= 15 is 0 Å². The van der Waals surface area contributed by atoms with Crippen LogP contribution in [0.2, 0.25) is 0 Å². The molecular formula is C24H25NO2S. The molecule has 4 heteroatoms. The van der Waals surface area contributed by atoms with Crippen molar-refractivity contribution in [1.29, 1.82) is 0 Å². The summed E-state index contributed by atoms with van der Waals surface area (Å²) < 4.78 is 5.95. The van der Waals surface area contributed by atoms with Gasteiger partial charge in [-0.3, -0.25) is 0 Å². The number of hydrogen-bond donors (Lipinski definition) is 2. The van der Waals surface area contributed by atoms with Gasteiger partial charge in [0, 0.05) is 15.3 Å². The van der Waals surface area contributed by atoms with Crippen molar-refractivity contribution in [2.24, 2.45) is 5.73 Å². The fraction of sp³-hybridized carbons (Fsp3) is 0.250. The van der Waals surface area contributed by atoms with Gasteiger partial charge in [0.1, 0.15) is 12.4 Å². The predicted octanol–water partition coefficient (Wildman–Crippen LogP) is 4.60. The zero-order valence-electron chi connectivity index (χ0n) is 15.8. The van der Waals surface area contributed by atoms with Crippen LogP contribution in [0.25, 0.3) is 0 Å². The molecule has 0 bridgehead atoms. The van der Waals surface area contributed by atoms with Crippen LogP contribution in [0.3, 0.4) is 0 Å². The summed E-state index contributed by atoms with van der Waals surface area (Å²) in [7, 11) is 0. The van der Waals surface area contributed by atoms with E-state index in [1.165, 1.54) is 16.0 Å². The highest BCUT2D eigenvalue weighted by molar-refractivity contribution is 7.99. The summed E-state index contributed by atoms with van der Waals surface area (Å²) in [5.41, 5.74) is 9.58. The second-order valence-electron chi connectivity index (χ2n) is 7.48. The molecule has 0 amide bonds. The van der Waals surface area contributed by atoms with E-state index < -0.39 is 5.54 Å². The van der Waals surface area contributed by atoms with Crippen LogP contribution in [0.5, 0.6) is 5.75 Å². The van der Waals surface area contributed by atoms with E-state index in [-0.39, 0.29) is 6.61 Å². The van der Waals surface area contributed by atoms with Crippen LogP contribution < -0.4 is 10.5 Å². The van der Waals surface area contributed by atoms with E-state index in [9.17, 15) is 5.11 Å². The summed E-state index contributed by atoms with van der Waals surface area (Å²) in [6, 6.07) is 25.0. The predicted molar refractivity (Wildman–Crippen MR) is 114 cm³/mol. The quantitative estimate of drug-likeness (QED) is 0.645. The van der Waals surface area contributed by atoms with Crippen molar-refractivity contribution in [3.63, 3.8) is 0 Å². The molecule has 0 heterocycles. The zero-order valence-corrected chi connectivity index (χ0v) is 16.6. The van der Waals surface area contributed by atoms with Gasteiger partial charge in [-0.25, -0.2) is 0 Å². The molecule has 0 saturated carbocycles. The number of hydrogen-bond acceptors (Lipinski definition) is 4. The molecule has 28 heavy (non-hydrogen) atoms. The Kier molecular flexibility index (Phi) is 5.72. The molecule has 1 unspecified atom stereocenters. The Morgan fingerprint density at radius 3 is 2.57 bits per heavy atom. The molecule has 0 fully saturated rings. The number of benzene rings is 3. The third-order valence-electron chi connectivity index (χ3n) is 5.22. The van der Waals surface area contributed by atoms with Crippen molar-refractivity contribution in [3.8, 4) is 5.75 Å². The fourth-order valence-corrected chi connectivity index (χ4v) is 4.50. The number of aliphatic hydroxyl groups is 1. The molecular weight excluding hydrogens is 366 g/mol. The Balaban J connectivity index is 1.45. The van der Waals surface area contributed by atoms with Gasteiger partial charge in [0.15, 0.2) is 0 Å². The fourth-order valence-electron chi connectivity index (χ4n) is 3.56. The molecule has 3 aromatic rings. The number of fused-ring (bicyclic) bond motifs is 1. The van der Waals surface area contributed by atoms with Crippen molar-refractivity contribution < 1.29 is 9.84 Å². The Morgan fingerprint density at radius 1 is 0.929 bits per heavy atom. The van der Waals surface area contributed by atoms with E-state index in [2.05, 4.69) is 42.5 Å². The Bertz CT molecular complexity index is 944. The highest BCUT2D eigenvalue weighted by atomic mass is 32.2. The third kappa shape index (κ3) is 4.58. The first kappa shape index (κ1) is 19.1. The maximum Gasteiger partial charge on any atom is 0.120 e. The monoisotopic (exact) mass is 391 g/mol. The molecule has 1 aliphatic carbocycles. The van der Waals surface area contributed by atoms with Crippen molar-refractivity contribution in [2.75, 3.05) is 6.61 Å². The Labute approximate surface area is 170 Å². The second kappa shape index (κ2) is 8.39. The van der Waals surface area contributed by atoms with Crippen LogP contribution in [0, 0.1) is 0 Å². The van der Waals surface area contributed by atoms with Crippen molar-refractivity contribution in [2.45, 2.75) is 41.2 Å². The van der Waals surface area contributed by atoms with Crippen molar-refractivity contribution in [1.82, 2.24) is 0 Å². The normalized spacial score (nSPS) is 18.5. The minimum Gasteiger partial charge on any atom is -0.489 e. The average Bonchev–Trinajstić information content (AvgIpc) is 2.73. The van der Waals surface area contributed by atoms with Gasteiger partial charge >= 0.3 is 0 Å². The lowest BCUT2D eigenvalue weighted by Gasteiger charge is -2.33. The van der Waals surface area contributed by atoms with E-state index in [1.807, 2.05) is 30.3 Å². The van der Waals surface area contributed by atoms with Crippen LogP contribution in [-0.2, 0) is 19.4 Å². The summed E-state index contributed by atoms with van der Waals surface area (Å²) in [5, 5.41) is 9.60. The molecule has 0 radical (unpaired) electrons. The largest absolute Gasteiger partial charge is 0.489 e.